The molecule has 0 saturated heterocycles. The van der Waals surface area contributed by atoms with E-state index in [0.717, 1.165) is 142 Å². The molecule has 2 heterocycles. The van der Waals surface area contributed by atoms with Crippen LogP contribution in [-0.2, 0) is 24.1 Å². The van der Waals surface area contributed by atoms with E-state index in [1.165, 1.54) is 136 Å². The highest BCUT2D eigenvalue weighted by Gasteiger charge is 2.30. The molecular weight excluding hydrogens is 1340 g/mol. The number of nitrogens with zero attached hydrogens (tertiary/aromatic N) is 2. The maximum atomic E-state index is 11.9. The molecule has 1 atom stereocenters. The van der Waals surface area contributed by atoms with Gasteiger partial charge >= 0.3 is 0 Å². The first-order valence-electron chi connectivity index (χ1n) is 35.4. The molecule has 0 radical (unpaired) electrons. The molecule has 5 saturated carbocycles. The monoisotopic (exact) mass is 1440 g/mol. The maximum Gasteiger partial charge on any atom is 0.235 e. The van der Waals surface area contributed by atoms with Crippen LogP contribution in [0, 0.1) is 10.1 Å². The molecule has 1 aliphatic heterocycles. The highest BCUT2D eigenvalue weighted by molar-refractivity contribution is 9.09. The summed E-state index contributed by atoms with van der Waals surface area (Å²) in [5.74, 6) is 6.34. The van der Waals surface area contributed by atoms with Crippen LogP contribution in [0.5, 0.6) is 57.5 Å². The van der Waals surface area contributed by atoms with Crippen LogP contribution in [0.25, 0.3) is 17.0 Å². The van der Waals surface area contributed by atoms with Crippen molar-refractivity contribution in [3.63, 3.8) is 0 Å². The number of hydrogen-bond donors (Lipinski definition) is 3. The summed E-state index contributed by atoms with van der Waals surface area (Å²) < 4.78 is 50.4. The summed E-state index contributed by atoms with van der Waals surface area (Å²) in [6.07, 6.45) is 36.1. The van der Waals surface area contributed by atoms with Crippen molar-refractivity contribution >= 4 is 51.9 Å². The Kier molecular flexibility index (Phi) is 31.6. The molecule has 6 aromatic carbocycles. The number of hydrogen-bond acceptors (Lipinski definition) is 16. The van der Waals surface area contributed by atoms with Crippen molar-refractivity contribution in [2.45, 2.75) is 189 Å². The number of rotatable bonds is 23. The Balaban J connectivity index is 0.000000162. The first-order chi connectivity index (χ1) is 48.8. The highest BCUT2D eigenvalue weighted by Crippen LogP contribution is 2.42. The van der Waals surface area contributed by atoms with E-state index in [1.807, 2.05) is 23.1 Å². The van der Waals surface area contributed by atoms with Crippen LogP contribution in [0.3, 0.4) is 0 Å². The topological polar surface area (TPSA) is 243 Å². The number of aromatic nitrogens is 1. The van der Waals surface area contributed by atoms with Gasteiger partial charge in [-0.25, -0.2) is 0 Å². The van der Waals surface area contributed by atoms with Crippen molar-refractivity contribution in [3.8, 4) is 57.5 Å². The lowest BCUT2D eigenvalue weighted by atomic mass is 9.88. The number of H-pyrrole nitrogens is 1. The molecule has 100 heavy (non-hydrogen) atoms. The minimum Gasteiger partial charge on any atom is -0.504 e. The van der Waals surface area contributed by atoms with E-state index in [2.05, 4.69) is 63.5 Å². The smallest absolute Gasteiger partial charge is 0.235 e. The number of aldehydes is 2. The van der Waals surface area contributed by atoms with Crippen molar-refractivity contribution in [3.05, 3.63) is 171 Å². The number of nitrogens with one attached hydrogen (secondary N) is 1. The molecule has 6 aliphatic rings. The zero-order valence-corrected chi connectivity index (χ0v) is 60.3. The summed E-state index contributed by atoms with van der Waals surface area (Å²) in [4.78, 5) is 48.8. The third-order valence-electron chi connectivity index (χ3n) is 18.9. The number of aryl methyl sites for hydroxylation is 1. The molecule has 5 aliphatic carbocycles. The Bertz CT molecular complexity index is 3700. The summed E-state index contributed by atoms with van der Waals surface area (Å²) in [6.45, 7) is 1.40. The average Bonchev–Trinajstić information content (AvgIpc) is 0.836. The number of nitro groups is 1. The minimum atomic E-state index is -0.491. The number of aromatic hydroxyl groups is 1. The molecule has 0 bridgehead atoms. The number of phenols is 1. The van der Waals surface area contributed by atoms with E-state index in [4.69, 9.17) is 53.5 Å². The molecule has 1 aromatic heterocycles. The van der Waals surface area contributed by atoms with E-state index in [9.17, 15) is 24.5 Å². The number of fused-ring (bicyclic) bond motifs is 2. The lowest BCUT2D eigenvalue weighted by Crippen LogP contribution is -2.34. The van der Waals surface area contributed by atoms with Crippen LogP contribution in [0.15, 0.2) is 122 Å². The van der Waals surface area contributed by atoms with E-state index in [1.54, 1.807) is 64.8 Å². The van der Waals surface area contributed by atoms with E-state index < -0.39 is 4.92 Å². The summed E-state index contributed by atoms with van der Waals surface area (Å²) in [7, 11) is 7.98. The zero-order chi connectivity index (χ0) is 71.0. The first kappa shape index (κ1) is 77.0. The van der Waals surface area contributed by atoms with Crippen LogP contribution in [0.4, 0.5) is 0 Å². The van der Waals surface area contributed by atoms with E-state index >= 15 is 0 Å². The molecule has 20 heteroatoms. The number of methoxy groups -OCH3 is 5. The SMILES string of the molecule is BrC1CCCC1.COc1cc(/C=C/[N+](=O)[O-])ccc1OC1CCCC1.COc1cc(C=O)ccc1O.COc1cc(C=O)ccc1OC1CCCC1.COc1cc(CCN)ccc1OC1CCCC1.COc1cc2c(cc1OC1CCCC1)C(CCc1c[nH]c3ccccc13)N(C=O)CC2. The van der Waals surface area contributed by atoms with Crippen molar-refractivity contribution < 1.29 is 67.0 Å². The van der Waals surface area contributed by atoms with Gasteiger partial charge in [0.25, 0.3) is 0 Å². The Morgan fingerprint density at radius 2 is 1.01 bits per heavy atom. The quantitative estimate of drug-likeness (QED) is 0.0233. The first-order valence-corrected chi connectivity index (χ1v) is 36.3. The lowest BCUT2D eigenvalue weighted by molar-refractivity contribution is -0.400. The number of carbonyl (C=O) groups is 3. The highest BCUT2D eigenvalue weighted by atomic mass is 79.9. The number of alkyl halides is 1. The van der Waals surface area contributed by atoms with Crippen molar-refractivity contribution in [1.82, 2.24) is 9.88 Å². The van der Waals surface area contributed by atoms with Gasteiger partial charge in [0.15, 0.2) is 57.5 Å². The van der Waals surface area contributed by atoms with Crippen LogP contribution >= 0.6 is 15.9 Å². The number of aromatic amines is 1. The summed E-state index contributed by atoms with van der Waals surface area (Å²) >= 11 is 3.54. The molecule has 19 nitrogen and oxygen atoms in total. The zero-order valence-electron chi connectivity index (χ0n) is 58.7. The summed E-state index contributed by atoms with van der Waals surface area (Å²) in [5, 5.41) is 20.6. The number of carbonyl (C=O) groups excluding carboxylic acids is 3. The number of halogens is 1. The lowest BCUT2D eigenvalue weighted by Gasteiger charge is -2.35. The third-order valence-corrected chi connectivity index (χ3v) is 19.8. The standard InChI is InChI=1S/C26H30N2O3.C14H17NO4.C14H21NO2.C13H16O3.C8H8O3.C5H9Br/c1-30-25-14-18-12-13-28(17-29)24(22(18)15-26(25)31-20-6-2-3-7-20)11-10-19-16-27-23-9-5-4-8-21(19)23;1-18-14-10-11(8-9-15(16)17)6-7-13(14)19-12-4-2-3-5-12;1-16-14-10-11(8-9-15)6-7-13(14)17-12-4-2-3-5-12;1-15-13-8-10(9-14)6-7-12(13)16-11-4-2-3-5-11;1-11-8-4-6(5-9)2-3-7(8)10;6-5-3-1-2-4-5/h4-5,8-9,14-17,20,24,27H,2-3,6-7,10-13H2,1H3;6-10,12H,2-5H2,1H3;6-7,10,12H,2-5,8-9,15H2,1H3;6-9,11H,2-5H2,1H3;2-5,10H,1H3;5H,1-4H2/b;9-8+;;;;. The third kappa shape index (κ3) is 23.4. The predicted molar refractivity (Wildman–Crippen MR) is 395 cm³/mol. The van der Waals surface area contributed by atoms with Gasteiger partial charge in [0, 0.05) is 45.7 Å². The second kappa shape index (κ2) is 41.1. The maximum absolute atomic E-state index is 11.9. The predicted octanol–water partition coefficient (Wildman–Crippen LogP) is 17.3. The van der Waals surface area contributed by atoms with Crippen LogP contribution in [-0.4, -0.2) is 117 Å². The normalized spacial score (nSPS) is 16.7. The number of ether oxygens (including phenoxy) is 9. The van der Waals surface area contributed by atoms with Gasteiger partial charge < -0.3 is 63.4 Å². The van der Waals surface area contributed by atoms with E-state index in [-0.39, 0.29) is 24.0 Å². The average molecular weight is 1440 g/mol. The van der Waals surface area contributed by atoms with Crippen molar-refractivity contribution in [2.24, 2.45) is 5.73 Å². The second-order valence-electron chi connectivity index (χ2n) is 25.8. The molecule has 7 aromatic rings. The summed E-state index contributed by atoms with van der Waals surface area (Å²) in [6, 6.07) is 33.8. The molecule has 4 N–H and O–H groups in total. The largest absolute Gasteiger partial charge is 0.504 e. The molecule has 1 unspecified atom stereocenters. The van der Waals surface area contributed by atoms with Crippen molar-refractivity contribution in [2.75, 3.05) is 48.6 Å². The number of amides is 1. The Morgan fingerprint density at radius 1 is 0.550 bits per heavy atom. The fourth-order valence-electron chi connectivity index (χ4n) is 13.5. The second-order valence-corrected chi connectivity index (χ2v) is 27.1. The van der Waals surface area contributed by atoms with Gasteiger partial charge in [0.05, 0.1) is 70.9 Å². The minimum absolute atomic E-state index is 0.0399. The van der Waals surface area contributed by atoms with Gasteiger partial charge in [-0.1, -0.05) is 59.1 Å². The van der Waals surface area contributed by atoms with Gasteiger partial charge in [-0.3, -0.25) is 24.5 Å². The van der Waals surface area contributed by atoms with Crippen LogP contribution in [0.1, 0.15) is 189 Å². The Hall–Kier alpha value is -8.75. The molecule has 13 rings (SSSR count). The van der Waals surface area contributed by atoms with Gasteiger partial charge in [-0.05, 0) is 254 Å². The number of phenolic OH excluding ortho intramolecular Hbond substituents is 1. The fourth-order valence-corrected chi connectivity index (χ4v) is 14.1. The number of para-hydroxylation sites is 1. The van der Waals surface area contributed by atoms with Gasteiger partial charge in [-0.2, -0.15) is 0 Å². The molecule has 0 spiro atoms. The molecule has 1 amide bonds. The Morgan fingerprint density at radius 3 is 1.50 bits per heavy atom. The van der Waals surface area contributed by atoms with Gasteiger partial charge in [-0.15, -0.1) is 0 Å². The molecular formula is C80H101BrN4O15. The number of benzene rings is 6. The molecule has 5 fully saturated rings. The fraction of sp³-hybridized carbons (Fsp3) is 0.463. The molecule has 538 valence electrons. The van der Waals surface area contributed by atoms with E-state index in [0.29, 0.717) is 64.7 Å². The van der Waals surface area contributed by atoms with Crippen molar-refractivity contribution in [1.29, 1.82) is 0 Å². The number of nitrogens with two attached hydrogens (primary N) is 1. The van der Waals surface area contributed by atoms with Crippen LogP contribution in [0.2, 0.25) is 0 Å². The van der Waals surface area contributed by atoms with Crippen LogP contribution < -0.4 is 48.4 Å². The Labute approximate surface area is 597 Å². The summed E-state index contributed by atoms with van der Waals surface area (Å²) in [5.41, 5.74) is 13.5. The van der Waals surface area contributed by atoms with Gasteiger partial charge in [0.1, 0.15) is 12.6 Å². The van der Waals surface area contributed by atoms with Gasteiger partial charge in [0.2, 0.25) is 12.6 Å².